The van der Waals surface area contributed by atoms with Crippen molar-refractivity contribution in [1.82, 2.24) is 14.5 Å². The number of pyridine rings is 1. The average Bonchev–Trinajstić information content (AvgIpc) is 3.19. The maximum Gasteiger partial charge on any atom is 0.143 e. The fourth-order valence-corrected chi connectivity index (χ4v) is 2.69. The van der Waals surface area contributed by atoms with Crippen LogP contribution in [0.1, 0.15) is 18.9 Å². The summed E-state index contributed by atoms with van der Waals surface area (Å²) in [6.45, 7) is 0. The van der Waals surface area contributed by atoms with Gasteiger partial charge in [0.1, 0.15) is 11.6 Å². The van der Waals surface area contributed by atoms with Gasteiger partial charge in [-0.25, -0.2) is 4.98 Å². The van der Waals surface area contributed by atoms with Crippen molar-refractivity contribution in [3.05, 3.63) is 41.7 Å². The third-order valence-corrected chi connectivity index (χ3v) is 3.78. The molecular weight excluding hydrogens is 274 g/mol. The highest BCUT2D eigenvalue weighted by Crippen LogP contribution is 2.41. The van der Waals surface area contributed by atoms with Crippen LogP contribution in [0.4, 0.5) is 0 Å². The summed E-state index contributed by atoms with van der Waals surface area (Å²) in [5.41, 5.74) is 2.78. The average molecular weight is 286 g/mol. The van der Waals surface area contributed by atoms with E-state index in [1.54, 1.807) is 12.3 Å². The summed E-state index contributed by atoms with van der Waals surface area (Å²) in [6, 6.07) is 7.88. The number of hydrogen-bond donors (Lipinski definition) is 1. The molecule has 0 atom stereocenters. The third-order valence-electron chi connectivity index (χ3n) is 3.55. The number of benzene rings is 1. The maximum atomic E-state index is 9.62. The minimum atomic E-state index is 0.148. The van der Waals surface area contributed by atoms with Crippen LogP contribution in [-0.4, -0.2) is 19.6 Å². The molecule has 0 amide bonds. The summed E-state index contributed by atoms with van der Waals surface area (Å²) in [7, 11) is 0. The van der Waals surface area contributed by atoms with Crippen LogP contribution in [0, 0.1) is 0 Å². The SMILES string of the molecule is Oc1cncc(-c2nc3ccc(Cl)cc3n2C2CC2)c1. The minimum Gasteiger partial charge on any atom is -0.506 e. The molecule has 0 spiro atoms. The summed E-state index contributed by atoms with van der Waals surface area (Å²) in [5.74, 6) is 0.989. The third kappa shape index (κ3) is 1.84. The first-order valence-electron chi connectivity index (χ1n) is 6.54. The number of aromatic hydroxyl groups is 1. The van der Waals surface area contributed by atoms with Crippen molar-refractivity contribution in [2.75, 3.05) is 0 Å². The molecule has 1 fully saturated rings. The van der Waals surface area contributed by atoms with Gasteiger partial charge in [0, 0.05) is 22.8 Å². The number of imidazole rings is 1. The first-order valence-corrected chi connectivity index (χ1v) is 6.92. The summed E-state index contributed by atoms with van der Waals surface area (Å²) in [4.78, 5) is 8.72. The predicted octanol–water partition coefficient (Wildman–Crippen LogP) is 3.79. The molecule has 5 heteroatoms. The van der Waals surface area contributed by atoms with Crippen LogP contribution < -0.4 is 0 Å². The smallest absolute Gasteiger partial charge is 0.143 e. The first-order chi connectivity index (χ1) is 9.72. The van der Waals surface area contributed by atoms with E-state index in [0.29, 0.717) is 11.1 Å². The Morgan fingerprint density at radius 1 is 1.20 bits per heavy atom. The highest BCUT2D eigenvalue weighted by Gasteiger charge is 2.28. The molecule has 1 aliphatic carbocycles. The van der Waals surface area contributed by atoms with Crippen LogP contribution in [0.25, 0.3) is 22.4 Å². The van der Waals surface area contributed by atoms with Gasteiger partial charge in [0.15, 0.2) is 0 Å². The molecule has 20 heavy (non-hydrogen) atoms. The Morgan fingerprint density at radius 3 is 2.80 bits per heavy atom. The molecule has 1 aliphatic rings. The van der Waals surface area contributed by atoms with E-state index in [1.165, 1.54) is 6.20 Å². The highest BCUT2D eigenvalue weighted by atomic mass is 35.5. The second-order valence-corrected chi connectivity index (χ2v) is 5.54. The van der Waals surface area contributed by atoms with Crippen LogP contribution in [0.5, 0.6) is 5.75 Å². The van der Waals surface area contributed by atoms with Gasteiger partial charge in [0.2, 0.25) is 0 Å². The van der Waals surface area contributed by atoms with Crippen LogP contribution in [0.3, 0.4) is 0 Å². The molecule has 0 aliphatic heterocycles. The van der Waals surface area contributed by atoms with Gasteiger partial charge in [0.25, 0.3) is 0 Å². The quantitative estimate of drug-likeness (QED) is 0.779. The summed E-state index contributed by atoms with van der Waals surface area (Å²) in [6.07, 6.45) is 5.44. The minimum absolute atomic E-state index is 0.148. The number of halogens is 1. The standard InChI is InChI=1S/C15H12ClN3O/c16-10-1-4-13-14(6-10)19(11-2-3-11)15(18-13)9-5-12(20)8-17-7-9/h1,4-8,11,20H,2-3H2. The van der Waals surface area contributed by atoms with Crippen LogP contribution in [0.15, 0.2) is 36.7 Å². The van der Waals surface area contributed by atoms with Gasteiger partial charge in [-0.15, -0.1) is 0 Å². The number of nitrogens with zero attached hydrogens (tertiary/aromatic N) is 3. The van der Waals surface area contributed by atoms with E-state index in [2.05, 4.69) is 14.5 Å². The zero-order chi connectivity index (χ0) is 13.7. The molecule has 0 radical (unpaired) electrons. The molecule has 0 bridgehead atoms. The van der Waals surface area contributed by atoms with E-state index in [1.807, 2.05) is 18.2 Å². The molecule has 2 heterocycles. The van der Waals surface area contributed by atoms with Gasteiger partial charge in [-0.1, -0.05) is 11.6 Å². The summed E-state index contributed by atoms with van der Waals surface area (Å²) >= 11 is 6.10. The molecule has 0 saturated heterocycles. The van der Waals surface area contributed by atoms with Crippen molar-refractivity contribution < 1.29 is 5.11 Å². The van der Waals surface area contributed by atoms with Crippen molar-refractivity contribution in [2.24, 2.45) is 0 Å². The lowest BCUT2D eigenvalue weighted by Crippen LogP contribution is -1.97. The lowest BCUT2D eigenvalue weighted by atomic mass is 10.2. The number of rotatable bonds is 2. The van der Waals surface area contributed by atoms with Crippen LogP contribution in [0.2, 0.25) is 5.02 Å². The zero-order valence-electron chi connectivity index (χ0n) is 10.6. The monoisotopic (exact) mass is 285 g/mol. The molecule has 1 N–H and O–H groups in total. The van der Waals surface area contributed by atoms with Crippen LogP contribution in [-0.2, 0) is 0 Å². The van der Waals surface area contributed by atoms with Gasteiger partial charge in [-0.05, 0) is 37.1 Å². The lowest BCUT2D eigenvalue weighted by Gasteiger charge is -2.07. The van der Waals surface area contributed by atoms with Crippen molar-refractivity contribution in [3.63, 3.8) is 0 Å². The van der Waals surface area contributed by atoms with E-state index >= 15 is 0 Å². The molecule has 100 valence electrons. The van der Waals surface area contributed by atoms with Gasteiger partial charge >= 0.3 is 0 Å². The summed E-state index contributed by atoms with van der Waals surface area (Å²) < 4.78 is 2.21. The van der Waals surface area contributed by atoms with E-state index in [-0.39, 0.29) is 5.75 Å². The Bertz CT molecular complexity index is 808. The molecule has 1 saturated carbocycles. The van der Waals surface area contributed by atoms with Gasteiger partial charge in [0.05, 0.1) is 17.2 Å². The number of aromatic nitrogens is 3. The van der Waals surface area contributed by atoms with E-state index in [9.17, 15) is 5.11 Å². The lowest BCUT2D eigenvalue weighted by molar-refractivity contribution is 0.473. The Balaban J connectivity index is 2.01. The molecule has 3 aromatic rings. The van der Waals surface area contributed by atoms with Crippen molar-refractivity contribution in [2.45, 2.75) is 18.9 Å². The molecule has 0 unspecified atom stereocenters. The Morgan fingerprint density at radius 2 is 2.05 bits per heavy atom. The summed E-state index contributed by atoms with van der Waals surface area (Å²) in [5, 5.41) is 10.3. The molecular formula is C15H12ClN3O. The number of fused-ring (bicyclic) bond motifs is 1. The van der Waals surface area contributed by atoms with Crippen LogP contribution >= 0.6 is 11.6 Å². The topological polar surface area (TPSA) is 50.9 Å². The maximum absolute atomic E-state index is 9.62. The van der Waals surface area contributed by atoms with Crippen molar-refractivity contribution in [3.8, 4) is 17.1 Å². The van der Waals surface area contributed by atoms with E-state index < -0.39 is 0 Å². The first kappa shape index (κ1) is 11.7. The van der Waals surface area contributed by atoms with E-state index in [0.717, 1.165) is 35.3 Å². The Kier molecular flexibility index (Phi) is 2.47. The van der Waals surface area contributed by atoms with Gasteiger partial charge < -0.3 is 9.67 Å². The molecule has 4 nitrogen and oxygen atoms in total. The molecule has 1 aromatic carbocycles. The van der Waals surface area contributed by atoms with Gasteiger partial charge in [-0.2, -0.15) is 0 Å². The Labute approximate surface area is 120 Å². The van der Waals surface area contributed by atoms with Gasteiger partial charge in [-0.3, -0.25) is 4.98 Å². The van der Waals surface area contributed by atoms with E-state index in [4.69, 9.17) is 11.6 Å². The second-order valence-electron chi connectivity index (χ2n) is 5.10. The fraction of sp³-hybridized carbons (Fsp3) is 0.200. The van der Waals surface area contributed by atoms with Crippen molar-refractivity contribution >= 4 is 22.6 Å². The fourth-order valence-electron chi connectivity index (χ4n) is 2.52. The molecule has 2 aromatic heterocycles. The normalized spacial score (nSPS) is 14.8. The predicted molar refractivity (Wildman–Crippen MR) is 77.9 cm³/mol. The molecule has 4 rings (SSSR count). The highest BCUT2D eigenvalue weighted by molar-refractivity contribution is 6.31. The number of hydrogen-bond acceptors (Lipinski definition) is 3. The van der Waals surface area contributed by atoms with Crippen molar-refractivity contribution in [1.29, 1.82) is 0 Å². The largest absolute Gasteiger partial charge is 0.506 e. The zero-order valence-corrected chi connectivity index (χ0v) is 11.4. The Hall–Kier alpha value is -2.07. The second kappa shape index (κ2) is 4.21.